The van der Waals surface area contributed by atoms with Crippen LogP contribution in [0.4, 0.5) is 0 Å². The summed E-state index contributed by atoms with van der Waals surface area (Å²) in [7, 11) is -10.5. The van der Waals surface area contributed by atoms with Gasteiger partial charge in [0.2, 0.25) is 0 Å². The number of imidazole rings is 1. The van der Waals surface area contributed by atoms with Crippen LogP contribution in [0, 0.1) is 5.41 Å². The maximum atomic E-state index is 12.2. The van der Waals surface area contributed by atoms with Gasteiger partial charge in [-0.15, -0.1) is 0 Å². The Labute approximate surface area is 208 Å². The fourth-order valence-corrected chi connectivity index (χ4v) is 6.72. The van der Waals surface area contributed by atoms with E-state index in [4.69, 9.17) is 14.9 Å². The summed E-state index contributed by atoms with van der Waals surface area (Å²) in [5.41, 5.74) is -0.357. The molecule has 36 heavy (non-hydrogen) atoms. The predicted octanol–water partition coefficient (Wildman–Crippen LogP) is -2.02. The molecule has 0 aromatic carbocycles. The SMILES string of the molecule is N=c1c2nc(Br)n3c2ncn1[C@@H]1O[C@H](COP(=O)(O)OP(=O)(O)OC[C@H]2O[C@@H]3C(O)[C@H]2O)C(O)C1O. The molecule has 6 heterocycles. The van der Waals surface area contributed by atoms with E-state index in [9.17, 15) is 39.3 Å². The fraction of sp³-hybridized carbons (Fsp3) is 0.667. The fourth-order valence-electron chi connectivity index (χ4n) is 4.08. The second kappa shape index (κ2) is 9.25. The van der Waals surface area contributed by atoms with Crippen LogP contribution in [0.5, 0.6) is 0 Å². The lowest BCUT2D eigenvalue weighted by Gasteiger charge is -2.21. The van der Waals surface area contributed by atoms with Crippen molar-refractivity contribution in [2.75, 3.05) is 13.2 Å². The zero-order valence-corrected chi connectivity index (χ0v) is 21.1. The van der Waals surface area contributed by atoms with Crippen molar-refractivity contribution in [3.8, 4) is 0 Å². The summed E-state index contributed by atoms with van der Waals surface area (Å²) in [5.74, 6) is 0. The minimum absolute atomic E-state index is 0.0207. The molecule has 0 aliphatic carbocycles. The summed E-state index contributed by atoms with van der Waals surface area (Å²) in [5, 5.41) is 50.3. The standard InChI is InChI=1S/C15H20BrN5O13P2/c16-15-19-6-11(17)20-3-18-12(6)21(15)14-10(25)8(23)5(33-14)2-31-36(28,29)34-35(26,27)30-1-4-7(22)9(24)13(20)32-4/h3-5,7-10,13-14,17,22-25H,1-2H2,(H,26,27)(H,28,29)/t4-,5-,7?,8+,9?,10?,13-,14-/m1/s1. The zero-order valence-electron chi connectivity index (χ0n) is 17.7. The summed E-state index contributed by atoms with van der Waals surface area (Å²) in [6.07, 6.45) is -11.1. The monoisotopic (exact) mass is 619 g/mol. The van der Waals surface area contributed by atoms with Crippen LogP contribution in [0.2, 0.25) is 0 Å². The molecule has 200 valence electrons. The molecule has 2 aromatic rings. The van der Waals surface area contributed by atoms with Gasteiger partial charge in [-0.1, -0.05) is 0 Å². The van der Waals surface area contributed by atoms with Crippen LogP contribution in [-0.2, 0) is 32.0 Å². The van der Waals surface area contributed by atoms with E-state index in [1.165, 1.54) is 4.57 Å². The van der Waals surface area contributed by atoms with Crippen LogP contribution in [0.1, 0.15) is 12.5 Å². The molecule has 0 amide bonds. The average molecular weight is 620 g/mol. The Morgan fingerprint density at radius 2 is 1.47 bits per heavy atom. The quantitative estimate of drug-likeness (QED) is 0.124. The number of halogens is 1. The molecule has 0 radical (unpaired) electrons. The van der Waals surface area contributed by atoms with E-state index in [1.807, 2.05) is 0 Å². The Morgan fingerprint density at radius 1 is 0.944 bits per heavy atom. The Balaban J connectivity index is 1.61. The van der Waals surface area contributed by atoms with Gasteiger partial charge in [0.05, 0.1) is 13.2 Å². The first-order chi connectivity index (χ1) is 16.8. The van der Waals surface area contributed by atoms with Crippen molar-refractivity contribution >= 4 is 42.7 Å². The second-order valence-electron chi connectivity index (χ2n) is 8.13. The first-order valence-electron chi connectivity index (χ1n) is 10.2. The minimum Gasteiger partial charge on any atom is -0.387 e. The summed E-state index contributed by atoms with van der Waals surface area (Å²) in [6.45, 7) is -1.73. The highest BCUT2D eigenvalue weighted by molar-refractivity contribution is 9.10. The molecule has 0 spiro atoms. The molecule has 6 rings (SSSR count). The molecule has 4 aliphatic rings. The third kappa shape index (κ3) is 4.52. The number of phosphoric ester groups is 2. The number of rotatable bonds is 0. The number of hydrogen-bond acceptors (Lipinski definition) is 14. The van der Waals surface area contributed by atoms with Crippen molar-refractivity contribution in [3.05, 3.63) is 16.5 Å². The largest absolute Gasteiger partial charge is 0.481 e. The van der Waals surface area contributed by atoms with Crippen LogP contribution in [-0.4, -0.2) is 99.2 Å². The van der Waals surface area contributed by atoms with Gasteiger partial charge in [0, 0.05) is 0 Å². The maximum absolute atomic E-state index is 12.2. The molecule has 8 bridgehead atoms. The van der Waals surface area contributed by atoms with E-state index in [-0.39, 0.29) is 21.4 Å². The lowest BCUT2D eigenvalue weighted by molar-refractivity contribution is -0.0567. The Bertz CT molecular complexity index is 1340. The highest BCUT2D eigenvalue weighted by Gasteiger charge is 2.49. The number of hydrogen-bond donors (Lipinski definition) is 7. The number of nitrogens with one attached hydrogen (secondary N) is 1. The number of aliphatic hydroxyl groups excluding tert-OH is 4. The summed E-state index contributed by atoms with van der Waals surface area (Å²) in [4.78, 5) is 28.1. The molecule has 7 N–H and O–H groups in total. The summed E-state index contributed by atoms with van der Waals surface area (Å²) in [6, 6.07) is 0. The van der Waals surface area contributed by atoms with Crippen molar-refractivity contribution in [2.45, 2.75) is 49.1 Å². The molecule has 4 aliphatic heterocycles. The van der Waals surface area contributed by atoms with Gasteiger partial charge >= 0.3 is 15.6 Å². The lowest BCUT2D eigenvalue weighted by atomic mass is 10.1. The van der Waals surface area contributed by atoms with Crippen LogP contribution in [0.25, 0.3) is 11.2 Å². The number of phosphoric acid groups is 2. The van der Waals surface area contributed by atoms with Gasteiger partial charge in [0.1, 0.15) is 43.0 Å². The van der Waals surface area contributed by atoms with E-state index in [0.29, 0.717) is 0 Å². The van der Waals surface area contributed by atoms with Gasteiger partial charge in [0.25, 0.3) is 0 Å². The Hall–Kier alpha value is -1.15. The summed E-state index contributed by atoms with van der Waals surface area (Å²) < 4.78 is 51.3. The van der Waals surface area contributed by atoms with E-state index in [0.717, 1.165) is 10.9 Å². The molecule has 2 saturated heterocycles. The number of nitrogens with zero attached hydrogens (tertiary/aromatic N) is 4. The van der Waals surface area contributed by atoms with Crippen LogP contribution in [0.15, 0.2) is 11.1 Å². The normalized spacial score (nSPS) is 43.8. The number of fused-ring (bicyclic) bond motifs is 7. The van der Waals surface area contributed by atoms with Gasteiger partial charge in [-0.05, 0) is 15.9 Å². The maximum Gasteiger partial charge on any atom is 0.481 e. The van der Waals surface area contributed by atoms with Gasteiger partial charge in [-0.2, -0.15) is 4.31 Å². The number of aliphatic hydroxyl groups is 4. The van der Waals surface area contributed by atoms with Crippen molar-refractivity contribution in [3.63, 3.8) is 0 Å². The van der Waals surface area contributed by atoms with Gasteiger partial charge in [0.15, 0.2) is 33.8 Å². The number of ether oxygens (including phenoxy) is 2. The van der Waals surface area contributed by atoms with Crippen LogP contribution in [0.3, 0.4) is 0 Å². The predicted molar refractivity (Wildman–Crippen MR) is 114 cm³/mol. The molecule has 2 aromatic heterocycles. The molecule has 5 unspecified atom stereocenters. The van der Waals surface area contributed by atoms with Crippen molar-refractivity contribution < 1.29 is 62.2 Å². The van der Waals surface area contributed by atoms with E-state index in [1.54, 1.807) is 0 Å². The van der Waals surface area contributed by atoms with Crippen LogP contribution >= 0.6 is 31.6 Å². The van der Waals surface area contributed by atoms with E-state index >= 15 is 0 Å². The highest BCUT2D eigenvalue weighted by atomic mass is 79.9. The van der Waals surface area contributed by atoms with Gasteiger partial charge in [-0.3, -0.25) is 23.6 Å². The molecular weight excluding hydrogens is 600 g/mol. The molecular formula is C15H20BrN5O13P2. The first-order valence-corrected chi connectivity index (χ1v) is 14.0. The van der Waals surface area contributed by atoms with E-state index in [2.05, 4.69) is 39.3 Å². The smallest absolute Gasteiger partial charge is 0.387 e. The molecule has 0 saturated carbocycles. The van der Waals surface area contributed by atoms with Gasteiger partial charge < -0.3 is 39.7 Å². The highest BCUT2D eigenvalue weighted by Crippen LogP contribution is 2.60. The third-order valence-electron chi connectivity index (χ3n) is 5.84. The third-order valence-corrected chi connectivity index (χ3v) is 9.00. The van der Waals surface area contributed by atoms with Crippen molar-refractivity contribution in [2.24, 2.45) is 0 Å². The van der Waals surface area contributed by atoms with Crippen molar-refractivity contribution in [1.29, 1.82) is 5.41 Å². The average Bonchev–Trinajstić information content (AvgIpc) is 3.37. The number of aromatic nitrogens is 4. The summed E-state index contributed by atoms with van der Waals surface area (Å²) >= 11 is 3.19. The molecule has 2 fully saturated rings. The second-order valence-corrected chi connectivity index (χ2v) is 11.9. The van der Waals surface area contributed by atoms with E-state index < -0.39 is 77.9 Å². The van der Waals surface area contributed by atoms with Crippen molar-refractivity contribution in [1.82, 2.24) is 19.1 Å². The minimum atomic E-state index is -5.27. The molecule has 18 nitrogen and oxygen atoms in total. The first kappa shape index (κ1) is 26.5. The topological polar surface area (TPSA) is 261 Å². The molecule has 21 heteroatoms. The van der Waals surface area contributed by atoms with Gasteiger partial charge in [-0.25, -0.2) is 19.1 Å². The van der Waals surface area contributed by atoms with Crippen LogP contribution < -0.4 is 5.49 Å². The zero-order chi connectivity index (χ0) is 26.2. The molecule has 10 atom stereocenters. The lowest BCUT2D eigenvalue weighted by Crippen LogP contribution is -2.36. The Morgan fingerprint density at radius 3 is 2.06 bits per heavy atom. The Kier molecular flexibility index (Phi) is 6.80.